The average Bonchev–Trinajstić information content (AvgIpc) is 2.57. The Hall–Kier alpha value is -0.813. The third-order valence-corrected chi connectivity index (χ3v) is 7.42. The van der Waals surface area contributed by atoms with Crippen LogP contribution in [0.3, 0.4) is 0 Å². The molecule has 0 aromatic heterocycles. The normalized spacial score (nSPS) is 16.9. The predicted molar refractivity (Wildman–Crippen MR) is 71.6 cm³/mol. The molecule has 0 aromatic carbocycles. The molecular formula is C12H15F13O3Si. The number of hydrogen-bond acceptors (Lipinski definition) is 3. The first-order chi connectivity index (χ1) is 12.6. The van der Waals surface area contributed by atoms with Crippen molar-refractivity contribution in [2.45, 2.75) is 54.7 Å². The van der Waals surface area contributed by atoms with Crippen LogP contribution in [0.4, 0.5) is 57.1 Å². The van der Waals surface area contributed by atoms with Gasteiger partial charge in [-0.1, -0.05) is 6.92 Å². The SMILES string of the molecule is CCC(C(F)(F)C(F)(F)C(F)(F)C(F)(F)C(F)(F)C(F)(F)F)[Si](OC)(OC)OC. The van der Waals surface area contributed by atoms with Crippen molar-refractivity contribution in [3.8, 4) is 0 Å². The van der Waals surface area contributed by atoms with Gasteiger partial charge in [0.05, 0.1) is 5.54 Å². The quantitative estimate of drug-likeness (QED) is 0.309. The van der Waals surface area contributed by atoms with Crippen LogP contribution in [0.15, 0.2) is 0 Å². The van der Waals surface area contributed by atoms with Gasteiger partial charge in [0.1, 0.15) is 0 Å². The van der Waals surface area contributed by atoms with Gasteiger partial charge in [-0.15, -0.1) is 0 Å². The zero-order chi connectivity index (χ0) is 23.9. The van der Waals surface area contributed by atoms with E-state index >= 15 is 0 Å². The van der Waals surface area contributed by atoms with Crippen LogP contribution in [0.1, 0.15) is 13.3 Å². The lowest BCUT2D eigenvalue weighted by atomic mass is 9.92. The summed E-state index contributed by atoms with van der Waals surface area (Å²) in [5.74, 6) is -37.4. The molecule has 0 radical (unpaired) electrons. The molecule has 0 aliphatic heterocycles. The maximum absolute atomic E-state index is 14.3. The monoisotopic (exact) mass is 482 g/mol. The predicted octanol–water partition coefficient (Wildman–Crippen LogP) is 5.38. The molecule has 0 fully saturated rings. The van der Waals surface area contributed by atoms with Gasteiger partial charge < -0.3 is 13.3 Å². The summed E-state index contributed by atoms with van der Waals surface area (Å²) in [5, 5.41) is 0. The second kappa shape index (κ2) is 8.03. The van der Waals surface area contributed by atoms with Crippen molar-refractivity contribution in [1.29, 1.82) is 0 Å². The van der Waals surface area contributed by atoms with Crippen LogP contribution in [-0.2, 0) is 13.3 Å². The lowest BCUT2D eigenvalue weighted by molar-refractivity contribution is -0.440. The summed E-state index contributed by atoms with van der Waals surface area (Å²) in [4.78, 5) is 0. The molecule has 3 nitrogen and oxygen atoms in total. The molecular weight excluding hydrogens is 467 g/mol. The Morgan fingerprint density at radius 3 is 1.14 bits per heavy atom. The van der Waals surface area contributed by atoms with Crippen LogP contribution in [-0.4, -0.2) is 65.9 Å². The summed E-state index contributed by atoms with van der Waals surface area (Å²) in [6.45, 7) is 0.661. The molecule has 0 bridgehead atoms. The largest absolute Gasteiger partial charge is 0.509 e. The van der Waals surface area contributed by atoms with Gasteiger partial charge in [0.15, 0.2) is 0 Å². The summed E-state index contributed by atoms with van der Waals surface area (Å²) in [6, 6.07) is 0. The Balaban J connectivity index is 6.70. The fraction of sp³-hybridized carbons (Fsp3) is 1.00. The number of alkyl halides is 13. The maximum Gasteiger partial charge on any atom is 0.509 e. The van der Waals surface area contributed by atoms with Gasteiger partial charge in [0.2, 0.25) is 0 Å². The van der Waals surface area contributed by atoms with E-state index in [-0.39, 0.29) is 0 Å². The van der Waals surface area contributed by atoms with Crippen LogP contribution in [0.5, 0.6) is 0 Å². The Morgan fingerprint density at radius 2 is 0.897 bits per heavy atom. The van der Waals surface area contributed by atoms with Crippen molar-refractivity contribution in [2.24, 2.45) is 0 Å². The second-order valence-electron chi connectivity index (χ2n) is 5.60. The molecule has 0 aliphatic rings. The number of halogens is 13. The van der Waals surface area contributed by atoms with Crippen molar-refractivity contribution in [3.63, 3.8) is 0 Å². The van der Waals surface area contributed by atoms with Crippen molar-refractivity contribution in [3.05, 3.63) is 0 Å². The van der Waals surface area contributed by atoms with E-state index in [0.29, 0.717) is 28.3 Å². The number of hydrogen-bond donors (Lipinski definition) is 0. The molecule has 0 aliphatic carbocycles. The highest BCUT2D eigenvalue weighted by molar-refractivity contribution is 6.62. The smallest absolute Gasteiger partial charge is 0.377 e. The Labute approximate surface area is 156 Å². The zero-order valence-corrected chi connectivity index (χ0v) is 15.9. The maximum atomic E-state index is 14.3. The highest BCUT2D eigenvalue weighted by Crippen LogP contribution is 2.63. The molecule has 0 heterocycles. The topological polar surface area (TPSA) is 27.7 Å². The van der Waals surface area contributed by atoms with E-state index in [0.717, 1.165) is 0 Å². The van der Waals surface area contributed by atoms with Crippen LogP contribution in [0.2, 0.25) is 5.54 Å². The van der Waals surface area contributed by atoms with Gasteiger partial charge >= 0.3 is 44.6 Å². The molecule has 0 amide bonds. The molecule has 29 heavy (non-hydrogen) atoms. The summed E-state index contributed by atoms with van der Waals surface area (Å²) < 4.78 is 186. The average molecular weight is 482 g/mol. The fourth-order valence-electron chi connectivity index (χ4n) is 2.41. The first kappa shape index (κ1) is 28.2. The lowest BCUT2D eigenvalue weighted by Gasteiger charge is -2.44. The summed E-state index contributed by atoms with van der Waals surface area (Å²) in [7, 11) is -3.36. The van der Waals surface area contributed by atoms with Crippen molar-refractivity contribution in [1.82, 2.24) is 0 Å². The van der Waals surface area contributed by atoms with Crippen LogP contribution in [0.25, 0.3) is 0 Å². The van der Waals surface area contributed by atoms with E-state index < -0.39 is 56.6 Å². The van der Waals surface area contributed by atoms with E-state index in [2.05, 4.69) is 13.3 Å². The molecule has 1 atom stereocenters. The van der Waals surface area contributed by atoms with Crippen LogP contribution < -0.4 is 0 Å². The third kappa shape index (κ3) is 3.82. The van der Waals surface area contributed by atoms with Crippen LogP contribution >= 0.6 is 0 Å². The summed E-state index contributed by atoms with van der Waals surface area (Å²) in [6.07, 6.45) is -8.72. The van der Waals surface area contributed by atoms with Gasteiger partial charge in [-0.05, 0) is 6.42 Å². The minimum atomic E-state index is -7.96. The van der Waals surface area contributed by atoms with E-state index in [1.165, 1.54) is 0 Å². The fourth-order valence-corrected chi connectivity index (χ4v) is 4.88. The standard InChI is InChI=1S/C12H15F13O3Si/c1-5-6(29(26-2,27-3)28-4)7(13,14)8(15,16)9(17,18)10(19,20)11(21,22)12(23,24)25/h6H,5H2,1-4H3. The minimum absolute atomic E-state index is 0.556. The van der Waals surface area contributed by atoms with E-state index in [1.807, 2.05) is 0 Å². The second-order valence-corrected chi connectivity index (χ2v) is 8.72. The Bertz CT molecular complexity index is 551. The highest BCUT2D eigenvalue weighted by atomic mass is 28.4. The van der Waals surface area contributed by atoms with Crippen molar-refractivity contribution in [2.75, 3.05) is 21.3 Å². The lowest BCUT2D eigenvalue weighted by Crippen LogP contribution is -2.72. The van der Waals surface area contributed by atoms with Crippen molar-refractivity contribution >= 4 is 8.80 Å². The molecule has 17 heteroatoms. The van der Waals surface area contributed by atoms with Crippen LogP contribution in [0, 0.1) is 0 Å². The van der Waals surface area contributed by atoms with E-state index in [4.69, 9.17) is 0 Å². The first-order valence-corrected chi connectivity index (χ1v) is 9.04. The third-order valence-electron chi connectivity index (χ3n) is 4.08. The van der Waals surface area contributed by atoms with E-state index in [1.54, 1.807) is 0 Å². The number of rotatable bonds is 10. The van der Waals surface area contributed by atoms with Crippen molar-refractivity contribution < 1.29 is 70.4 Å². The van der Waals surface area contributed by atoms with E-state index in [9.17, 15) is 57.1 Å². The molecule has 1 unspecified atom stereocenters. The summed E-state index contributed by atoms with van der Waals surface area (Å²) >= 11 is 0. The molecule has 0 saturated carbocycles. The molecule has 0 aromatic rings. The highest BCUT2D eigenvalue weighted by Gasteiger charge is 2.92. The molecule has 0 rings (SSSR count). The molecule has 0 saturated heterocycles. The Kier molecular flexibility index (Phi) is 7.80. The van der Waals surface area contributed by atoms with Gasteiger partial charge in [-0.2, -0.15) is 57.1 Å². The Morgan fingerprint density at radius 1 is 0.586 bits per heavy atom. The molecule has 0 spiro atoms. The zero-order valence-electron chi connectivity index (χ0n) is 14.9. The van der Waals surface area contributed by atoms with Gasteiger partial charge in [-0.25, -0.2) is 0 Å². The molecule has 0 N–H and O–H groups in total. The van der Waals surface area contributed by atoms with Gasteiger partial charge in [-0.3, -0.25) is 0 Å². The van der Waals surface area contributed by atoms with Gasteiger partial charge in [0.25, 0.3) is 0 Å². The molecule has 176 valence electrons. The van der Waals surface area contributed by atoms with Gasteiger partial charge in [0, 0.05) is 21.3 Å². The first-order valence-electron chi connectivity index (χ1n) is 7.24. The summed E-state index contributed by atoms with van der Waals surface area (Å²) in [5.41, 5.74) is -3.23. The minimum Gasteiger partial charge on any atom is -0.377 e.